The molecule has 1 aromatic rings. The number of fused-ring (bicyclic) bond motifs is 1. The maximum atomic E-state index is 12.2. The van der Waals surface area contributed by atoms with Crippen molar-refractivity contribution in [3.63, 3.8) is 0 Å². The number of carbonyl (C=O) groups is 1. The van der Waals surface area contributed by atoms with Crippen LogP contribution >= 0.6 is 0 Å². The van der Waals surface area contributed by atoms with Gasteiger partial charge in [-0.2, -0.15) is 0 Å². The third-order valence-corrected chi connectivity index (χ3v) is 4.21. The fraction of sp³-hybridized carbons (Fsp3) is 0.500. The molecule has 0 aromatic heterocycles. The van der Waals surface area contributed by atoms with Gasteiger partial charge in [-0.3, -0.25) is 20.2 Å². The number of nitro benzene ring substituents is 1. The molecular weight excluding hydrogens is 258 g/mol. The van der Waals surface area contributed by atoms with Crippen LogP contribution in [-0.4, -0.2) is 16.9 Å². The largest absolute Gasteiger partial charge is 0.336 e. The van der Waals surface area contributed by atoms with Crippen LogP contribution in [0.4, 0.5) is 5.69 Å². The van der Waals surface area contributed by atoms with Crippen LogP contribution in [0.2, 0.25) is 0 Å². The van der Waals surface area contributed by atoms with Crippen molar-refractivity contribution in [3.8, 4) is 0 Å². The maximum absolute atomic E-state index is 12.2. The Morgan fingerprint density at radius 1 is 1.20 bits per heavy atom. The summed E-state index contributed by atoms with van der Waals surface area (Å²) in [6, 6.07) is 6.68. The van der Waals surface area contributed by atoms with E-state index < -0.39 is 11.1 Å². The number of hydrogen-bond acceptors (Lipinski definition) is 4. The van der Waals surface area contributed by atoms with Crippen molar-refractivity contribution in [3.05, 3.63) is 39.9 Å². The second-order valence-electron chi connectivity index (χ2n) is 5.42. The lowest BCUT2D eigenvalue weighted by Crippen LogP contribution is -2.57. The molecule has 1 amide bonds. The Bertz CT molecular complexity index is 546. The van der Waals surface area contributed by atoms with Gasteiger partial charge in [0.05, 0.1) is 16.4 Å². The SMILES string of the molecule is O=C1NC(c2ccccc2[N+](=O)[O-])NC2CCCCC12. The Hall–Kier alpha value is -1.95. The molecule has 0 spiro atoms. The molecule has 1 saturated carbocycles. The molecule has 6 nitrogen and oxygen atoms in total. The Kier molecular flexibility index (Phi) is 3.40. The van der Waals surface area contributed by atoms with Gasteiger partial charge in [-0.1, -0.05) is 25.0 Å². The molecule has 0 radical (unpaired) electrons. The molecule has 3 unspecified atom stereocenters. The van der Waals surface area contributed by atoms with Crippen molar-refractivity contribution in [2.24, 2.45) is 5.92 Å². The molecule has 1 heterocycles. The second kappa shape index (κ2) is 5.20. The van der Waals surface area contributed by atoms with Crippen LogP contribution in [0.3, 0.4) is 0 Å². The van der Waals surface area contributed by atoms with Crippen LogP contribution < -0.4 is 10.6 Å². The Balaban J connectivity index is 1.88. The molecule has 2 aliphatic rings. The van der Waals surface area contributed by atoms with Crippen molar-refractivity contribution in [1.29, 1.82) is 0 Å². The van der Waals surface area contributed by atoms with Crippen LogP contribution in [0.1, 0.15) is 37.4 Å². The molecule has 2 fully saturated rings. The second-order valence-corrected chi connectivity index (χ2v) is 5.42. The monoisotopic (exact) mass is 275 g/mol. The normalized spacial score (nSPS) is 29.4. The number of amides is 1. The number of nitrogens with zero attached hydrogens (tertiary/aromatic N) is 1. The highest BCUT2D eigenvalue weighted by Gasteiger charge is 2.39. The van der Waals surface area contributed by atoms with E-state index in [-0.39, 0.29) is 23.6 Å². The molecule has 1 aromatic carbocycles. The summed E-state index contributed by atoms with van der Waals surface area (Å²) >= 11 is 0. The summed E-state index contributed by atoms with van der Waals surface area (Å²) in [7, 11) is 0. The van der Waals surface area contributed by atoms with E-state index in [0.29, 0.717) is 5.56 Å². The molecular formula is C14H17N3O3. The zero-order valence-electron chi connectivity index (χ0n) is 11.0. The zero-order chi connectivity index (χ0) is 14.1. The first-order chi connectivity index (χ1) is 9.66. The van der Waals surface area contributed by atoms with Gasteiger partial charge in [0, 0.05) is 12.1 Å². The smallest absolute Gasteiger partial charge is 0.276 e. The summed E-state index contributed by atoms with van der Waals surface area (Å²) in [5, 5.41) is 17.3. The summed E-state index contributed by atoms with van der Waals surface area (Å²) in [5.41, 5.74) is 0.564. The minimum Gasteiger partial charge on any atom is -0.336 e. The standard InChI is InChI=1S/C14H17N3O3/c18-14-9-5-1-3-7-11(9)15-13(16-14)10-6-2-4-8-12(10)17(19)20/h2,4,6,8-9,11,13,15H,1,3,5,7H2,(H,16,18). The fourth-order valence-corrected chi connectivity index (χ4v) is 3.21. The molecule has 1 aliphatic carbocycles. The van der Waals surface area contributed by atoms with E-state index in [9.17, 15) is 14.9 Å². The van der Waals surface area contributed by atoms with Crippen LogP contribution in [-0.2, 0) is 4.79 Å². The molecule has 1 saturated heterocycles. The summed E-state index contributed by atoms with van der Waals surface area (Å²) in [4.78, 5) is 22.9. The first-order valence-corrected chi connectivity index (χ1v) is 6.96. The van der Waals surface area contributed by atoms with Gasteiger partial charge in [0.15, 0.2) is 0 Å². The van der Waals surface area contributed by atoms with Crippen LogP contribution in [0.25, 0.3) is 0 Å². The third kappa shape index (κ3) is 2.27. The van der Waals surface area contributed by atoms with Gasteiger partial charge < -0.3 is 5.32 Å². The molecule has 3 rings (SSSR count). The average molecular weight is 275 g/mol. The Morgan fingerprint density at radius 3 is 2.75 bits per heavy atom. The van der Waals surface area contributed by atoms with Crippen LogP contribution in [0.5, 0.6) is 0 Å². The van der Waals surface area contributed by atoms with Gasteiger partial charge in [-0.25, -0.2) is 0 Å². The topological polar surface area (TPSA) is 84.3 Å². The predicted molar refractivity (Wildman–Crippen MR) is 72.9 cm³/mol. The number of hydrogen-bond donors (Lipinski definition) is 2. The number of rotatable bonds is 2. The summed E-state index contributed by atoms with van der Waals surface area (Å²) < 4.78 is 0. The van der Waals surface area contributed by atoms with E-state index in [4.69, 9.17) is 0 Å². The van der Waals surface area contributed by atoms with Crippen molar-refractivity contribution in [2.45, 2.75) is 37.9 Å². The van der Waals surface area contributed by atoms with Crippen molar-refractivity contribution >= 4 is 11.6 Å². The van der Waals surface area contributed by atoms with Gasteiger partial charge in [0.2, 0.25) is 5.91 Å². The molecule has 6 heteroatoms. The average Bonchev–Trinajstić information content (AvgIpc) is 2.47. The van der Waals surface area contributed by atoms with Gasteiger partial charge in [0.25, 0.3) is 5.69 Å². The van der Waals surface area contributed by atoms with E-state index >= 15 is 0 Å². The number of nitro groups is 1. The summed E-state index contributed by atoms with van der Waals surface area (Å²) in [5.74, 6) is 0.0133. The first-order valence-electron chi connectivity index (χ1n) is 6.96. The molecule has 1 aliphatic heterocycles. The van der Waals surface area contributed by atoms with Gasteiger partial charge >= 0.3 is 0 Å². The molecule has 3 atom stereocenters. The first kappa shape index (κ1) is 13.1. The Morgan fingerprint density at radius 2 is 1.95 bits per heavy atom. The number of benzene rings is 1. The van der Waals surface area contributed by atoms with Crippen LogP contribution in [0.15, 0.2) is 24.3 Å². The highest BCUT2D eigenvalue weighted by atomic mass is 16.6. The number of carbonyl (C=O) groups excluding carboxylic acids is 1. The summed E-state index contributed by atoms with van der Waals surface area (Å²) in [6.45, 7) is 0. The number of nitrogens with one attached hydrogen (secondary N) is 2. The van der Waals surface area contributed by atoms with Gasteiger partial charge in [-0.15, -0.1) is 0 Å². The van der Waals surface area contributed by atoms with E-state index in [1.165, 1.54) is 6.07 Å². The fourth-order valence-electron chi connectivity index (χ4n) is 3.21. The van der Waals surface area contributed by atoms with E-state index in [2.05, 4.69) is 10.6 Å². The van der Waals surface area contributed by atoms with Gasteiger partial charge in [0.1, 0.15) is 6.17 Å². The zero-order valence-corrected chi connectivity index (χ0v) is 11.0. The lowest BCUT2D eigenvalue weighted by molar-refractivity contribution is -0.385. The number of para-hydroxylation sites is 1. The molecule has 2 N–H and O–H groups in total. The third-order valence-electron chi connectivity index (χ3n) is 4.21. The van der Waals surface area contributed by atoms with Crippen molar-refractivity contribution in [2.75, 3.05) is 0 Å². The van der Waals surface area contributed by atoms with Crippen LogP contribution in [0, 0.1) is 16.0 Å². The molecule has 20 heavy (non-hydrogen) atoms. The minimum atomic E-state index is -0.469. The quantitative estimate of drug-likeness (QED) is 0.637. The van der Waals surface area contributed by atoms with Crippen molar-refractivity contribution in [1.82, 2.24) is 10.6 Å². The molecule has 0 bridgehead atoms. The van der Waals surface area contributed by atoms with E-state index in [1.807, 2.05) is 0 Å². The maximum Gasteiger partial charge on any atom is 0.276 e. The lowest BCUT2D eigenvalue weighted by Gasteiger charge is -2.40. The van der Waals surface area contributed by atoms with Crippen molar-refractivity contribution < 1.29 is 9.72 Å². The summed E-state index contributed by atoms with van der Waals surface area (Å²) in [6.07, 6.45) is 3.56. The van der Waals surface area contributed by atoms with E-state index in [0.717, 1.165) is 25.7 Å². The Labute approximate surface area is 116 Å². The van der Waals surface area contributed by atoms with Gasteiger partial charge in [-0.05, 0) is 18.9 Å². The highest BCUT2D eigenvalue weighted by molar-refractivity contribution is 5.81. The highest BCUT2D eigenvalue weighted by Crippen LogP contribution is 2.32. The predicted octanol–water partition coefficient (Wildman–Crippen LogP) is 1.87. The van der Waals surface area contributed by atoms with E-state index in [1.54, 1.807) is 18.2 Å². The molecule has 106 valence electrons. The minimum absolute atomic E-state index is 0.00256. The lowest BCUT2D eigenvalue weighted by atomic mass is 9.82.